The lowest BCUT2D eigenvalue weighted by atomic mass is 9.95. The van der Waals surface area contributed by atoms with E-state index in [4.69, 9.17) is 5.73 Å². The Balaban J connectivity index is 2.40. The van der Waals surface area contributed by atoms with Gasteiger partial charge in [0.1, 0.15) is 0 Å². The van der Waals surface area contributed by atoms with E-state index in [-0.39, 0.29) is 17.6 Å². The van der Waals surface area contributed by atoms with E-state index < -0.39 is 40.9 Å². The van der Waals surface area contributed by atoms with Gasteiger partial charge < -0.3 is 10.6 Å². The Labute approximate surface area is 137 Å². The van der Waals surface area contributed by atoms with E-state index in [0.717, 1.165) is 12.1 Å². The van der Waals surface area contributed by atoms with Crippen molar-refractivity contribution in [1.82, 2.24) is 0 Å². The molecule has 4 nitrogen and oxygen atoms in total. The summed E-state index contributed by atoms with van der Waals surface area (Å²) in [6.45, 7) is 0.276. The molecule has 0 aromatic heterocycles. The molecule has 1 aromatic rings. The van der Waals surface area contributed by atoms with Crippen LogP contribution in [0.4, 0.5) is 23.2 Å². The van der Waals surface area contributed by atoms with E-state index in [2.05, 4.69) is 15.9 Å². The second-order valence-corrected chi connectivity index (χ2v) is 6.10. The second-order valence-electron chi connectivity index (χ2n) is 5.25. The minimum atomic E-state index is -5.10. The van der Waals surface area contributed by atoms with Gasteiger partial charge in [0.2, 0.25) is 5.91 Å². The van der Waals surface area contributed by atoms with Crippen molar-refractivity contribution in [1.29, 1.82) is 0 Å². The smallest absolute Gasteiger partial charge is 0.369 e. The number of carbonyl (C=O) groups excluding carboxylic acids is 2. The number of amides is 1. The van der Waals surface area contributed by atoms with Gasteiger partial charge in [0, 0.05) is 19.0 Å². The van der Waals surface area contributed by atoms with Crippen LogP contribution in [0.5, 0.6) is 0 Å². The van der Waals surface area contributed by atoms with Crippen LogP contribution in [0.1, 0.15) is 23.2 Å². The monoisotopic (exact) mass is 396 g/mol. The van der Waals surface area contributed by atoms with E-state index in [1.165, 1.54) is 4.90 Å². The van der Waals surface area contributed by atoms with Gasteiger partial charge in [0.15, 0.2) is 5.82 Å². The lowest BCUT2D eigenvalue weighted by Gasteiger charge is -2.33. The van der Waals surface area contributed by atoms with Crippen molar-refractivity contribution < 1.29 is 27.2 Å². The third kappa shape index (κ3) is 3.65. The van der Waals surface area contributed by atoms with Crippen molar-refractivity contribution in [2.75, 3.05) is 18.0 Å². The highest BCUT2D eigenvalue weighted by Crippen LogP contribution is 2.36. The quantitative estimate of drug-likeness (QED) is 0.630. The summed E-state index contributed by atoms with van der Waals surface area (Å²) >= 11 is 2.91. The molecule has 1 aromatic carbocycles. The average molecular weight is 397 g/mol. The molecule has 23 heavy (non-hydrogen) atoms. The first-order chi connectivity index (χ1) is 10.6. The summed E-state index contributed by atoms with van der Waals surface area (Å²) in [7, 11) is 0. The van der Waals surface area contributed by atoms with Gasteiger partial charge in [-0.1, -0.05) is 0 Å². The standard InChI is InChI=1S/C14H13BrF4N2O2/c15-9-2-1-8(12(22)14(17,18)19)11(10(9)16)21-5-3-7(4-6-21)13(20)23/h1-2,7H,3-6H2,(H2,20,23). The SMILES string of the molecule is NC(=O)C1CCN(c2c(C(=O)C(F)(F)F)ccc(Br)c2F)CC1. The molecule has 1 saturated heterocycles. The summed E-state index contributed by atoms with van der Waals surface area (Å²) in [4.78, 5) is 24.0. The molecule has 2 N–H and O–H groups in total. The second kappa shape index (κ2) is 6.46. The molecule has 126 valence electrons. The van der Waals surface area contributed by atoms with Crippen LogP contribution in [0.3, 0.4) is 0 Å². The number of alkyl halides is 3. The maximum Gasteiger partial charge on any atom is 0.454 e. The van der Waals surface area contributed by atoms with Crippen LogP contribution in [0, 0.1) is 11.7 Å². The molecule has 1 amide bonds. The molecule has 1 fully saturated rings. The van der Waals surface area contributed by atoms with E-state index in [0.29, 0.717) is 12.8 Å². The molecule has 0 aliphatic carbocycles. The molecule has 0 spiro atoms. The summed E-state index contributed by atoms with van der Waals surface area (Å²) in [5.74, 6) is -3.93. The molecule has 1 heterocycles. The van der Waals surface area contributed by atoms with Gasteiger partial charge in [-0.2, -0.15) is 13.2 Å². The number of nitrogens with zero attached hydrogens (tertiary/aromatic N) is 1. The number of nitrogens with two attached hydrogens (primary N) is 1. The van der Waals surface area contributed by atoms with Crippen molar-refractivity contribution in [3.8, 4) is 0 Å². The zero-order chi connectivity index (χ0) is 17.4. The van der Waals surface area contributed by atoms with Gasteiger partial charge in [-0.15, -0.1) is 0 Å². The Bertz CT molecular complexity index is 640. The van der Waals surface area contributed by atoms with Gasteiger partial charge >= 0.3 is 6.18 Å². The highest BCUT2D eigenvalue weighted by atomic mass is 79.9. The Hall–Kier alpha value is -1.64. The number of hydrogen-bond acceptors (Lipinski definition) is 3. The summed E-state index contributed by atoms with van der Waals surface area (Å²) < 4.78 is 52.5. The van der Waals surface area contributed by atoms with Crippen LogP contribution in [-0.4, -0.2) is 31.0 Å². The van der Waals surface area contributed by atoms with Crippen LogP contribution in [0.15, 0.2) is 16.6 Å². The van der Waals surface area contributed by atoms with Gasteiger partial charge in [0.25, 0.3) is 5.78 Å². The van der Waals surface area contributed by atoms with Crippen LogP contribution in [0.2, 0.25) is 0 Å². The predicted octanol–water partition coefficient (Wildman–Crippen LogP) is 3.03. The lowest BCUT2D eigenvalue weighted by molar-refractivity contribution is -0.122. The summed E-state index contributed by atoms with van der Waals surface area (Å²) in [6, 6.07) is 2.01. The molecule has 0 bridgehead atoms. The van der Waals surface area contributed by atoms with E-state index in [1.54, 1.807) is 0 Å². The molecule has 1 aliphatic heterocycles. The first-order valence-corrected chi connectivity index (χ1v) is 7.56. The number of piperidine rings is 1. The highest BCUT2D eigenvalue weighted by Gasteiger charge is 2.42. The Kier molecular flexibility index (Phi) is 4.98. The van der Waals surface area contributed by atoms with Crippen LogP contribution in [-0.2, 0) is 4.79 Å². The normalized spacial score (nSPS) is 16.5. The van der Waals surface area contributed by atoms with Crippen molar-refractivity contribution in [3.05, 3.63) is 28.0 Å². The molecular formula is C14H13BrF4N2O2. The van der Waals surface area contributed by atoms with Gasteiger partial charge in [0.05, 0.1) is 15.7 Å². The van der Waals surface area contributed by atoms with E-state index in [9.17, 15) is 27.2 Å². The number of hydrogen-bond donors (Lipinski definition) is 1. The maximum absolute atomic E-state index is 14.4. The van der Waals surface area contributed by atoms with Crippen molar-refractivity contribution in [2.24, 2.45) is 11.7 Å². The molecule has 2 rings (SSSR count). The number of primary amides is 1. The van der Waals surface area contributed by atoms with Crippen molar-refractivity contribution in [3.63, 3.8) is 0 Å². The molecule has 0 radical (unpaired) electrons. The Morgan fingerprint density at radius 1 is 1.22 bits per heavy atom. The van der Waals surface area contributed by atoms with Crippen LogP contribution in [0.25, 0.3) is 0 Å². The molecule has 0 atom stereocenters. The Morgan fingerprint density at radius 3 is 2.26 bits per heavy atom. The molecule has 1 aliphatic rings. The zero-order valence-corrected chi connectivity index (χ0v) is 13.4. The van der Waals surface area contributed by atoms with Gasteiger partial charge in [-0.05, 0) is 40.9 Å². The summed E-state index contributed by atoms with van der Waals surface area (Å²) in [5.41, 5.74) is 4.06. The number of carbonyl (C=O) groups is 2. The van der Waals surface area contributed by atoms with E-state index >= 15 is 0 Å². The fourth-order valence-corrected chi connectivity index (χ4v) is 2.89. The summed E-state index contributed by atoms with van der Waals surface area (Å²) in [5, 5.41) is 0. The maximum atomic E-state index is 14.4. The Morgan fingerprint density at radius 2 is 1.78 bits per heavy atom. The lowest BCUT2D eigenvalue weighted by Crippen LogP contribution is -2.40. The van der Waals surface area contributed by atoms with Crippen LogP contribution >= 0.6 is 15.9 Å². The molecular weight excluding hydrogens is 384 g/mol. The molecule has 0 saturated carbocycles. The average Bonchev–Trinajstić information content (AvgIpc) is 2.48. The number of Topliss-reactive ketones (excluding diaryl/α,β-unsaturated/α-hetero) is 1. The number of anilines is 1. The van der Waals surface area contributed by atoms with Gasteiger partial charge in [-0.25, -0.2) is 4.39 Å². The number of halogens is 5. The predicted molar refractivity (Wildman–Crippen MR) is 78.6 cm³/mol. The fourth-order valence-electron chi connectivity index (χ4n) is 2.57. The topological polar surface area (TPSA) is 63.4 Å². The van der Waals surface area contributed by atoms with E-state index in [1.807, 2.05) is 0 Å². The third-order valence-electron chi connectivity index (χ3n) is 3.78. The largest absolute Gasteiger partial charge is 0.454 e. The molecule has 0 unspecified atom stereocenters. The number of ketones is 1. The molecule has 9 heteroatoms. The fraction of sp³-hybridized carbons (Fsp3) is 0.429. The van der Waals surface area contributed by atoms with Gasteiger partial charge in [-0.3, -0.25) is 9.59 Å². The van der Waals surface area contributed by atoms with Crippen molar-refractivity contribution >= 4 is 33.3 Å². The minimum absolute atomic E-state index is 0.0387. The van der Waals surface area contributed by atoms with Crippen molar-refractivity contribution in [2.45, 2.75) is 19.0 Å². The first kappa shape index (κ1) is 17.7. The first-order valence-electron chi connectivity index (χ1n) is 6.76. The number of benzene rings is 1. The third-order valence-corrected chi connectivity index (χ3v) is 4.40. The summed E-state index contributed by atoms with van der Waals surface area (Å²) in [6.07, 6.45) is -4.51. The zero-order valence-electron chi connectivity index (χ0n) is 11.8. The highest BCUT2D eigenvalue weighted by molar-refractivity contribution is 9.10. The minimum Gasteiger partial charge on any atom is -0.369 e. The number of rotatable bonds is 3. The van der Waals surface area contributed by atoms with Crippen LogP contribution < -0.4 is 10.6 Å².